The molecule has 19 heavy (non-hydrogen) atoms. The van der Waals surface area contributed by atoms with Crippen LogP contribution in [0.15, 0.2) is 24.4 Å². The van der Waals surface area contributed by atoms with E-state index >= 15 is 0 Å². The standard InChI is InChI=1S/C12H11F3N4/c13-12(14,15)11-10(8-3-1-2-4-17-8)19-6-5-16-7-9(19)18-11/h1-4,16H,5-7H2. The number of alkyl halides is 3. The summed E-state index contributed by atoms with van der Waals surface area (Å²) in [6.45, 7) is 1.43. The van der Waals surface area contributed by atoms with Crippen molar-refractivity contribution >= 4 is 0 Å². The maximum atomic E-state index is 13.1. The monoisotopic (exact) mass is 268 g/mol. The number of hydrogen-bond donors (Lipinski definition) is 1. The minimum absolute atomic E-state index is 0.0598. The fourth-order valence-electron chi connectivity index (χ4n) is 2.23. The molecule has 3 heterocycles. The number of pyridine rings is 1. The molecule has 1 aliphatic rings. The molecule has 0 aromatic carbocycles. The van der Waals surface area contributed by atoms with Gasteiger partial charge in [-0.3, -0.25) is 4.98 Å². The Morgan fingerprint density at radius 1 is 1.26 bits per heavy atom. The summed E-state index contributed by atoms with van der Waals surface area (Å²) in [5.41, 5.74) is -0.495. The molecule has 0 unspecified atom stereocenters. The quantitative estimate of drug-likeness (QED) is 0.861. The summed E-state index contributed by atoms with van der Waals surface area (Å²) < 4.78 is 40.9. The molecule has 2 aromatic heterocycles. The van der Waals surface area contributed by atoms with Crippen LogP contribution in [0.3, 0.4) is 0 Å². The highest BCUT2D eigenvalue weighted by atomic mass is 19.4. The molecule has 0 saturated carbocycles. The van der Waals surface area contributed by atoms with Crippen molar-refractivity contribution in [2.24, 2.45) is 0 Å². The molecule has 3 rings (SSSR count). The highest BCUT2D eigenvalue weighted by molar-refractivity contribution is 5.59. The molecule has 100 valence electrons. The third-order valence-corrected chi connectivity index (χ3v) is 3.02. The Morgan fingerprint density at radius 3 is 2.79 bits per heavy atom. The van der Waals surface area contributed by atoms with Gasteiger partial charge in [0, 0.05) is 19.3 Å². The molecule has 0 amide bonds. The van der Waals surface area contributed by atoms with Gasteiger partial charge in [-0.1, -0.05) is 6.07 Å². The van der Waals surface area contributed by atoms with E-state index in [2.05, 4.69) is 15.3 Å². The summed E-state index contributed by atoms with van der Waals surface area (Å²) in [4.78, 5) is 7.76. The molecule has 0 atom stereocenters. The van der Waals surface area contributed by atoms with E-state index in [1.165, 1.54) is 6.20 Å². The average Bonchev–Trinajstić information content (AvgIpc) is 2.79. The van der Waals surface area contributed by atoms with E-state index < -0.39 is 11.9 Å². The van der Waals surface area contributed by atoms with Crippen LogP contribution < -0.4 is 5.32 Å². The SMILES string of the molecule is FC(F)(F)c1nc2n(c1-c1ccccn1)CCNC2. The van der Waals surface area contributed by atoms with Crippen LogP contribution in [-0.4, -0.2) is 21.1 Å². The molecule has 1 N–H and O–H groups in total. The first kappa shape index (κ1) is 12.2. The van der Waals surface area contributed by atoms with Gasteiger partial charge in [-0.25, -0.2) is 4.98 Å². The lowest BCUT2D eigenvalue weighted by molar-refractivity contribution is -0.140. The van der Waals surface area contributed by atoms with Crippen LogP contribution in [0.25, 0.3) is 11.4 Å². The van der Waals surface area contributed by atoms with Gasteiger partial charge in [0.1, 0.15) is 5.82 Å². The Balaban J connectivity index is 2.23. The van der Waals surface area contributed by atoms with Crippen molar-refractivity contribution in [3.8, 4) is 11.4 Å². The van der Waals surface area contributed by atoms with E-state index in [0.717, 1.165) is 0 Å². The number of fused-ring (bicyclic) bond motifs is 1. The number of nitrogens with zero attached hydrogens (tertiary/aromatic N) is 3. The van der Waals surface area contributed by atoms with Gasteiger partial charge in [0.2, 0.25) is 0 Å². The van der Waals surface area contributed by atoms with Crippen molar-refractivity contribution in [2.75, 3.05) is 6.54 Å². The summed E-state index contributed by atoms with van der Waals surface area (Å²) in [5.74, 6) is 0.402. The Bertz CT molecular complexity index is 589. The fourth-order valence-corrected chi connectivity index (χ4v) is 2.23. The first-order valence-corrected chi connectivity index (χ1v) is 5.86. The van der Waals surface area contributed by atoms with Gasteiger partial charge < -0.3 is 9.88 Å². The highest BCUT2D eigenvalue weighted by Gasteiger charge is 2.40. The zero-order valence-electron chi connectivity index (χ0n) is 9.91. The van der Waals surface area contributed by atoms with Crippen molar-refractivity contribution in [1.82, 2.24) is 19.9 Å². The van der Waals surface area contributed by atoms with Crippen LogP contribution in [0.5, 0.6) is 0 Å². The van der Waals surface area contributed by atoms with Crippen LogP contribution >= 0.6 is 0 Å². The van der Waals surface area contributed by atoms with Gasteiger partial charge in [0.15, 0.2) is 5.69 Å². The lowest BCUT2D eigenvalue weighted by atomic mass is 10.2. The van der Waals surface area contributed by atoms with Gasteiger partial charge in [-0.15, -0.1) is 0 Å². The molecule has 1 aliphatic heterocycles. The molecular formula is C12H11F3N4. The number of imidazole rings is 1. The Kier molecular flexibility index (Phi) is 2.78. The zero-order valence-corrected chi connectivity index (χ0v) is 9.91. The van der Waals surface area contributed by atoms with Crippen molar-refractivity contribution in [3.63, 3.8) is 0 Å². The van der Waals surface area contributed by atoms with Gasteiger partial charge in [-0.05, 0) is 12.1 Å². The predicted octanol–water partition coefficient (Wildman–Crippen LogP) is 2.07. The first-order valence-electron chi connectivity index (χ1n) is 5.86. The average molecular weight is 268 g/mol. The maximum absolute atomic E-state index is 13.1. The molecule has 0 saturated heterocycles. The largest absolute Gasteiger partial charge is 0.435 e. The number of aromatic nitrogens is 3. The fraction of sp³-hybridized carbons (Fsp3) is 0.333. The molecule has 0 fully saturated rings. The summed E-state index contributed by atoms with van der Waals surface area (Å²) >= 11 is 0. The second kappa shape index (κ2) is 4.34. The van der Waals surface area contributed by atoms with Crippen LogP contribution in [0, 0.1) is 0 Å². The lowest BCUT2D eigenvalue weighted by Gasteiger charge is -2.17. The molecule has 2 aromatic rings. The summed E-state index contributed by atoms with van der Waals surface area (Å²) in [7, 11) is 0. The summed E-state index contributed by atoms with van der Waals surface area (Å²) in [5, 5.41) is 3.01. The minimum Gasteiger partial charge on any atom is -0.324 e. The third-order valence-electron chi connectivity index (χ3n) is 3.02. The van der Waals surface area contributed by atoms with Crippen molar-refractivity contribution < 1.29 is 13.2 Å². The second-order valence-corrected chi connectivity index (χ2v) is 4.27. The normalized spacial score (nSPS) is 15.3. The molecule has 7 heteroatoms. The van der Waals surface area contributed by atoms with E-state index in [-0.39, 0.29) is 5.69 Å². The van der Waals surface area contributed by atoms with Crippen LogP contribution in [-0.2, 0) is 19.3 Å². The zero-order chi connectivity index (χ0) is 13.5. The maximum Gasteiger partial charge on any atom is 0.435 e. The molecule has 0 spiro atoms. The number of rotatable bonds is 1. The minimum atomic E-state index is -4.48. The van der Waals surface area contributed by atoms with Gasteiger partial charge in [-0.2, -0.15) is 13.2 Å². The number of hydrogen-bond acceptors (Lipinski definition) is 3. The van der Waals surface area contributed by atoms with Gasteiger partial charge in [0.25, 0.3) is 0 Å². The number of halogens is 3. The number of nitrogens with one attached hydrogen (secondary N) is 1. The molecule has 0 bridgehead atoms. The van der Waals surface area contributed by atoms with Crippen LogP contribution in [0.1, 0.15) is 11.5 Å². The second-order valence-electron chi connectivity index (χ2n) is 4.27. The van der Waals surface area contributed by atoms with Crippen molar-refractivity contribution in [1.29, 1.82) is 0 Å². The van der Waals surface area contributed by atoms with Crippen molar-refractivity contribution in [2.45, 2.75) is 19.3 Å². The van der Waals surface area contributed by atoms with E-state index in [4.69, 9.17) is 0 Å². The van der Waals surface area contributed by atoms with Crippen molar-refractivity contribution in [3.05, 3.63) is 35.9 Å². The first-order chi connectivity index (χ1) is 9.07. The molecule has 0 aliphatic carbocycles. The van der Waals surface area contributed by atoms with Gasteiger partial charge in [0.05, 0.1) is 17.9 Å². The van der Waals surface area contributed by atoms with E-state index in [1.54, 1.807) is 22.8 Å². The van der Waals surface area contributed by atoms with Crippen LogP contribution in [0.4, 0.5) is 13.2 Å². The Labute approximate surface area is 107 Å². The van der Waals surface area contributed by atoms with E-state index in [1.807, 2.05) is 0 Å². The van der Waals surface area contributed by atoms with E-state index in [9.17, 15) is 13.2 Å². The predicted molar refractivity (Wildman–Crippen MR) is 62.2 cm³/mol. The van der Waals surface area contributed by atoms with E-state index in [0.29, 0.717) is 31.2 Å². The molecule has 0 radical (unpaired) electrons. The third kappa shape index (κ3) is 2.10. The lowest BCUT2D eigenvalue weighted by Crippen LogP contribution is -2.28. The highest BCUT2D eigenvalue weighted by Crippen LogP contribution is 2.36. The Hall–Kier alpha value is -1.89. The summed E-state index contributed by atoms with van der Waals surface area (Å²) in [6.07, 6.45) is -2.99. The smallest absolute Gasteiger partial charge is 0.324 e. The Morgan fingerprint density at radius 2 is 2.11 bits per heavy atom. The molecule has 4 nitrogen and oxygen atoms in total. The van der Waals surface area contributed by atoms with Crippen LogP contribution in [0.2, 0.25) is 0 Å². The topological polar surface area (TPSA) is 42.7 Å². The summed E-state index contributed by atoms with van der Waals surface area (Å²) in [6, 6.07) is 4.91. The van der Waals surface area contributed by atoms with Gasteiger partial charge >= 0.3 is 6.18 Å². The molecular weight excluding hydrogens is 257 g/mol.